The van der Waals surface area contributed by atoms with E-state index in [2.05, 4.69) is 32.9 Å². The summed E-state index contributed by atoms with van der Waals surface area (Å²) in [5.41, 5.74) is 0.305. The topological polar surface area (TPSA) is 37.3 Å². The number of hydrogen-bond donors (Lipinski definition) is 1. The van der Waals surface area contributed by atoms with Gasteiger partial charge in [0.2, 0.25) is 0 Å². The van der Waals surface area contributed by atoms with Crippen molar-refractivity contribution in [3.8, 4) is 0 Å². The van der Waals surface area contributed by atoms with Crippen LogP contribution in [-0.4, -0.2) is 16.3 Å². The van der Waals surface area contributed by atoms with Crippen molar-refractivity contribution in [3.05, 3.63) is 30.3 Å². The van der Waals surface area contributed by atoms with Crippen molar-refractivity contribution in [2.75, 3.05) is 0 Å². The number of aliphatic carboxylic acids is 1. The highest BCUT2D eigenvalue weighted by atomic mass is 32.2. The van der Waals surface area contributed by atoms with Gasteiger partial charge in [-0.05, 0) is 42.7 Å². The van der Waals surface area contributed by atoms with Gasteiger partial charge in [-0.25, -0.2) is 0 Å². The maximum Gasteiger partial charge on any atom is 0.307 e. The minimum Gasteiger partial charge on any atom is -0.481 e. The molecule has 0 amide bonds. The largest absolute Gasteiger partial charge is 0.481 e. The summed E-state index contributed by atoms with van der Waals surface area (Å²) in [4.78, 5) is 12.8. The summed E-state index contributed by atoms with van der Waals surface area (Å²) < 4.78 is 0. The smallest absolute Gasteiger partial charge is 0.307 e. The van der Waals surface area contributed by atoms with Crippen LogP contribution in [0, 0.1) is 17.3 Å². The van der Waals surface area contributed by atoms with Crippen molar-refractivity contribution < 1.29 is 9.90 Å². The highest BCUT2D eigenvalue weighted by Gasteiger charge is 2.40. The summed E-state index contributed by atoms with van der Waals surface area (Å²) in [6.45, 7) is 6.88. The summed E-state index contributed by atoms with van der Waals surface area (Å²) in [6.07, 6.45) is 4.02. The number of carboxylic acid groups (broad SMARTS) is 1. The van der Waals surface area contributed by atoms with E-state index in [1.54, 1.807) is 11.8 Å². The Morgan fingerprint density at radius 2 is 1.95 bits per heavy atom. The van der Waals surface area contributed by atoms with E-state index < -0.39 is 5.97 Å². The minimum absolute atomic E-state index is 0.189. The molecule has 3 atom stereocenters. The predicted octanol–water partition coefficient (Wildman–Crippen LogP) is 5.08. The van der Waals surface area contributed by atoms with Gasteiger partial charge in [0.25, 0.3) is 0 Å². The van der Waals surface area contributed by atoms with E-state index >= 15 is 0 Å². The summed E-state index contributed by atoms with van der Waals surface area (Å²) in [7, 11) is 0. The normalized spacial score (nSPS) is 26.5. The van der Waals surface area contributed by atoms with Crippen molar-refractivity contribution in [2.45, 2.75) is 56.6 Å². The average Bonchev–Trinajstić information content (AvgIpc) is 2.48. The number of hydrogen-bond acceptors (Lipinski definition) is 2. The predicted molar refractivity (Wildman–Crippen MR) is 88.6 cm³/mol. The Hall–Kier alpha value is -0.960. The van der Waals surface area contributed by atoms with Gasteiger partial charge in [-0.3, -0.25) is 4.79 Å². The molecule has 2 nitrogen and oxygen atoms in total. The Bertz CT molecular complexity index is 469. The minimum atomic E-state index is -0.629. The highest BCUT2D eigenvalue weighted by Crippen LogP contribution is 2.47. The van der Waals surface area contributed by atoms with Gasteiger partial charge >= 0.3 is 5.97 Å². The second-order valence-electron chi connectivity index (χ2n) is 6.77. The van der Waals surface area contributed by atoms with Gasteiger partial charge in [0.1, 0.15) is 0 Å². The molecule has 0 radical (unpaired) electrons. The van der Waals surface area contributed by atoms with E-state index in [0.717, 1.165) is 25.7 Å². The number of thioether (sulfide) groups is 1. The van der Waals surface area contributed by atoms with E-state index in [1.807, 2.05) is 18.2 Å². The molecule has 0 aliphatic heterocycles. The van der Waals surface area contributed by atoms with E-state index in [1.165, 1.54) is 4.90 Å². The van der Waals surface area contributed by atoms with E-state index in [-0.39, 0.29) is 11.2 Å². The zero-order chi connectivity index (χ0) is 15.5. The fourth-order valence-corrected chi connectivity index (χ4v) is 4.62. The second kappa shape index (κ2) is 6.87. The van der Waals surface area contributed by atoms with Gasteiger partial charge < -0.3 is 5.11 Å². The van der Waals surface area contributed by atoms with Crippen molar-refractivity contribution in [2.24, 2.45) is 17.3 Å². The maximum absolute atomic E-state index is 11.6. The molecule has 1 aliphatic rings. The number of carboxylic acids is 1. The van der Waals surface area contributed by atoms with Crippen LogP contribution in [0.5, 0.6) is 0 Å². The molecule has 21 heavy (non-hydrogen) atoms. The molecule has 3 heteroatoms. The van der Waals surface area contributed by atoms with Crippen LogP contribution in [0.15, 0.2) is 35.2 Å². The molecule has 116 valence electrons. The van der Waals surface area contributed by atoms with Crippen molar-refractivity contribution in [3.63, 3.8) is 0 Å². The van der Waals surface area contributed by atoms with Crippen LogP contribution in [0.4, 0.5) is 0 Å². The molecule has 0 saturated heterocycles. The quantitative estimate of drug-likeness (QED) is 0.824. The summed E-state index contributed by atoms with van der Waals surface area (Å²) in [6, 6.07) is 10.2. The molecule has 0 spiro atoms. The lowest BCUT2D eigenvalue weighted by Gasteiger charge is -2.41. The first-order chi connectivity index (χ1) is 9.94. The first-order valence-corrected chi connectivity index (χ1v) is 8.76. The summed E-state index contributed by atoms with van der Waals surface area (Å²) >= 11 is 1.75. The molecule has 1 fully saturated rings. The molecular weight excluding hydrogens is 280 g/mol. The van der Waals surface area contributed by atoms with Crippen LogP contribution < -0.4 is 0 Å². The molecule has 0 heterocycles. The Balaban J connectivity index is 2.14. The summed E-state index contributed by atoms with van der Waals surface area (Å²) in [5, 5.41) is 9.71. The molecule has 1 saturated carbocycles. The van der Waals surface area contributed by atoms with Gasteiger partial charge in [0.15, 0.2) is 0 Å². The third-order valence-corrected chi connectivity index (χ3v) is 6.52. The van der Waals surface area contributed by atoms with Crippen LogP contribution in [-0.2, 0) is 4.79 Å². The Morgan fingerprint density at radius 3 is 2.52 bits per heavy atom. The van der Waals surface area contributed by atoms with Crippen molar-refractivity contribution >= 4 is 17.7 Å². The van der Waals surface area contributed by atoms with Crippen LogP contribution in [0.25, 0.3) is 0 Å². The van der Waals surface area contributed by atoms with E-state index in [0.29, 0.717) is 11.3 Å². The fourth-order valence-electron chi connectivity index (χ4n) is 3.21. The number of carbonyl (C=O) groups is 1. The van der Waals surface area contributed by atoms with Gasteiger partial charge in [-0.15, -0.1) is 11.8 Å². The molecule has 0 aromatic heterocycles. The number of rotatable bonds is 5. The first kappa shape index (κ1) is 16.4. The van der Waals surface area contributed by atoms with Gasteiger partial charge in [-0.2, -0.15) is 0 Å². The molecule has 2 rings (SSSR count). The molecule has 1 aromatic carbocycles. The van der Waals surface area contributed by atoms with Crippen LogP contribution >= 0.6 is 11.8 Å². The fraction of sp³-hybridized carbons (Fsp3) is 0.611. The molecule has 3 unspecified atom stereocenters. The second-order valence-corrected chi connectivity index (χ2v) is 8.08. The van der Waals surface area contributed by atoms with Gasteiger partial charge in [0.05, 0.1) is 5.92 Å². The lowest BCUT2D eigenvalue weighted by Crippen LogP contribution is -2.37. The zero-order valence-electron chi connectivity index (χ0n) is 13.2. The highest BCUT2D eigenvalue weighted by molar-refractivity contribution is 8.00. The standard InChI is InChI=1S/C18H26O2S/c1-4-18(2,3)13-10-11-15(17(19)20)16(12-13)21-14-8-6-5-7-9-14/h5-9,13,15-16H,4,10-12H2,1-3H3,(H,19,20). The third kappa shape index (κ3) is 4.03. The molecule has 1 N–H and O–H groups in total. The van der Waals surface area contributed by atoms with E-state index in [9.17, 15) is 9.90 Å². The third-order valence-electron chi connectivity index (χ3n) is 5.16. The Morgan fingerprint density at radius 1 is 1.29 bits per heavy atom. The Kier molecular flexibility index (Phi) is 5.37. The van der Waals surface area contributed by atoms with Crippen molar-refractivity contribution in [1.29, 1.82) is 0 Å². The molecule has 1 aromatic rings. The van der Waals surface area contributed by atoms with Crippen molar-refractivity contribution in [1.82, 2.24) is 0 Å². The first-order valence-electron chi connectivity index (χ1n) is 7.88. The monoisotopic (exact) mass is 306 g/mol. The van der Waals surface area contributed by atoms with Crippen LogP contribution in [0.3, 0.4) is 0 Å². The van der Waals surface area contributed by atoms with E-state index in [4.69, 9.17) is 0 Å². The van der Waals surface area contributed by atoms with Crippen LogP contribution in [0.2, 0.25) is 0 Å². The molecule has 0 bridgehead atoms. The number of benzene rings is 1. The molecular formula is C18H26O2S. The van der Waals surface area contributed by atoms with Crippen LogP contribution in [0.1, 0.15) is 46.5 Å². The maximum atomic E-state index is 11.6. The summed E-state index contributed by atoms with van der Waals surface area (Å²) in [5.74, 6) is -0.213. The Labute approximate surface area is 132 Å². The van der Waals surface area contributed by atoms with Gasteiger partial charge in [-0.1, -0.05) is 45.4 Å². The SMILES string of the molecule is CCC(C)(C)C1CCC(C(=O)O)C(Sc2ccccc2)C1. The average molecular weight is 306 g/mol. The lowest BCUT2D eigenvalue weighted by atomic mass is 9.67. The lowest BCUT2D eigenvalue weighted by molar-refractivity contribution is -0.143. The molecule has 1 aliphatic carbocycles. The zero-order valence-corrected chi connectivity index (χ0v) is 14.0. The van der Waals surface area contributed by atoms with Gasteiger partial charge in [0, 0.05) is 10.1 Å².